The largest absolute Gasteiger partial charge is 0.345 e. The number of nitrogens with zero attached hydrogens (tertiary/aromatic N) is 1. The lowest BCUT2D eigenvalue weighted by molar-refractivity contribution is 0.0919. The zero-order chi connectivity index (χ0) is 15.6. The summed E-state index contributed by atoms with van der Waals surface area (Å²) >= 11 is 7.25. The maximum absolute atomic E-state index is 12.3. The Balaban J connectivity index is 2.27. The predicted octanol–water partition coefficient (Wildman–Crippen LogP) is 3.24. The molecule has 0 bridgehead atoms. The Labute approximate surface area is 133 Å². The highest BCUT2D eigenvalue weighted by Gasteiger charge is 2.23. The number of benzene rings is 1. The highest BCUT2D eigenvalue weighted by Crippen LogP contribution is 2.29. The number of carbonyl (C=O) groups is 1. The van der Waals surface area contributed by atoms with Gasteiger partial charge in [0.25, 0.3) is 5.91 Å². The molecule has 0 aliphatic rings. The van der Waals surface area contributed by atoms with Crippen molar-refractivity contribution < 1.29 is 4.79 Å². The molecule has 0 aliphatic heterocycles. The number of carbonyl (C=O) groups excluding carboxylic acids is 1. The molecule has 21 heavy (non-hydrogen) atoms. The Morgan fingerprint density at radius 2 is 2.00 bits per heavy atom. The number of aromatic nitrogens is 1. The molecule has 0 radical (unpaired) electrons. The quantitative estimate of drug-likeness (QED) is 0.907. The van der Waals surface area contributed by atoms with Crippen molar-refractivity contribution in [1.82, 2.24) is 10.3 Å². The average molecular weight is 324 g/mol. The zero-order valence-corrected chi connectivity index (χ0v) is 13.8. The summed E-state index contributed by atoms with van der Waals surface area (Å²) in [4.78, 5) is 17.4. The normalized spacial score (nSPS) is 11.5. The molecule has 1 heterocycles. The Hall–Kier alpha value is -1.43. The third-order valence-electron chi connectivity index (χ3n) is 3.06. The maximum atomic E-state index is 12.3. The Bertz CT molecular complexity index is 649. The van der Waals surface area contributed by atoms with Gasteiger partial charge in [0.15, 0.2) is 0 Å². The summed E-state index contributed by atoms with van der Waals surface area (Å²) in [6, 6.07) is 7.41. The average Bonchev–Trinajstić information content (AvgIpc) is 2.81. The van der Waals surface area contributed by atoms with Crippen molar-refractivity contribution in [1.29, 1.82) is 0 Å². The highest BCUT2D eigenvalue weighted by atomic mass is 35.5. The van der Waals surface area contributed by atoms with Crippen molar-refractivity contribution in [2.45, 2.75) is 26.3 Å². The molecule has 4 nitrogen and oxygen atoms in total. The number of nitrogens with two attached hydrogens (primary N) is 1. The second-order valence-corrected chi connectivity index (χ2v) is 6.92. The van der Waals surface area contributed by atoms with Crippen LogP contribution in [0.4, 0.5) is 0 Å². The van der Waals surface area contributed by atoms with Gasteiger partial charge in [-0.1, -0.05) is 23.7 Å². The van der Waals surface area contributed by atoms with E-state index >= 15 is 0 Å². The maximum Gasteiger partial charge on any atom is 0.263 e. The van der Waals surface area contributed by atoms with Crippen molar-refractivity contribution in [3.63, 3.8) is 0 Å². The van der Waals surface area contributed by atoms with Crippen molar-refractivity contribution in [2.75, 3.05) is 6.54 Å². The second kappa shape index (κ2) is 6.13. The van der Waals surface area contributed by atoms with Gasteiger partial charge >= 0.3 is 0 Å². The molecule has 6 heteroatoms. The zero-order valence-electron chi connectivity index (χ0n) is 12.2. The molecule has 0 atom stereocenters. The van der Waals surface area contributed by atoms with E-state index in [1.165, 1.54) is 11.3 Å². The van der Waals surface area contributed by atoms with E-state index in [9.17, 15) is 4.79 Å². The summed E-state index contributed by atoms with van der Waals surface area (Å²) in [6.07, 6.45) is 0. The van der Waals surface area contributed by atoms with Gasteiger partial charge in [-0.25, -0.2) is 4.98 Å². The second-order valence-electron chi connectivity index (χ2n) is 5.48. The third-order valence-corrected chi connectivity index (χ3v) is 4.51. The van der Waals surface area contributed by atoms with E-state index in [1.54, 1.807) is 0 Å². The Kier molecular flexibility index (Phi) is 4.66. The predicted molar refractivity (Wildman–Crippen MR) is 87.9 cm³/mol. The highest BCUT2D eigenvalue weighted by molar-refractivity contribution is 7.17. The molecule has 112 valence electrons. The fourth-order valence-electron chi connectivity index (χ4n) is 1.74. The summed E-state index contributed by atoms with van der Waals surface area (Å²) in [5, 5.41) is 4.40. The number of hydrogen-bond donors (Lipinski definition) is 2. The van der Waals surface area contributed by atoms with Gasteiger partial charge in [0.2, 0.25) is 0 Å². The van der Waals surface area contributed by atoms with Crippen LogP contribution in [-0.2, 0) is 0 Å². The molecule has 3 N–H and O–H groups in total. The molecule has 0 saturated carbocycles. The molecule has 2 aromatic rings. The number of halogens is 1. The van der Waals surface area contributed by atoms with Crippen LogP contribution in [0.5, 0.6) is 0 Å². The first-order valence-corrected chi connectivity index (χ1v) is 7.78. The monoisotopic (exact) mass is 323 g/mol. The van der Waals surface area contributed by atoms with Gasteiger partial charge in [-0.15, -0.1) is 11.3 Å². The van der Waals surface area contributed by atoms with Gasteiger partial charge in [-0.05, 0) is 32.9 Å². The lowest BCUT2D eigenvalue weighted by Crippen LogP contribution is -2.48. The van der Waals surface area contributed by atoms with Crippen molar-refractivity contribution in [3.05, 3.63) is 39.9 Å². The van der Waals surface area contributed by atoms with Crippen LogP contribution in [0.3, 0.4) is 0 Å². The van der Waals surface area contributed by atoms with Crippen LogP contribution < -0.4 is 11.1 Å². The minimum Gasteiger partial charge on any atom is -0.345 e. The lowest BCUT2D eigenvalue weighted by atomic mass is 10.1. The first-order valence-electron chi connectivity index (χ1n) is 6.58. The molecule has 1 aromatic heterocycles. The number of rotatable bonds is 4. The summed E-state index contributed by atoms with van der Waals surface area (Å²) in [5.41, 5.74) is 6.87. The van der Waals surface area contributed by atoms with E-state index in [0.717, 1.165) is 16.3 Å². The molecule has 1 amide bonds. The minimum absolute atomic E-state index is 0.138. The first kappa shape index (κ1) is 15.9. The SMILES string of the molecule is Cc1nc(-c2ccc(Cl)cc2)sc1C(=O)NC(C)(C)CN. The number of nitrogens with one attached hydrogen (secondary N) is 1. The molecule has 0 saturated heterocycles. The van der Waals surface area contributed by atoms with E-state index in [1.807, 2.05) is 45.0 Å². The van der Waals surface area contributed by atoms with Crippen LogP contribution in [0.25, 0.3) is 10.6 Å². The number of aryl methyl sites for hydroxylation is 1. The van der Waals surface area contributed by atoms with Gasteiger partial charge in [-0.2, -0.15) is 0 Å². The summed E-state index contributed by atoms with van der Waals surface area (Å²) in [6.45, 7) is 5.99. The summed E-state index contributed by atoms with van der Waals surface area (Å²) in [7, 11) is 0. The Morgan fingerprint density at radius 1 is 1.38 bits per heavy atom. The van der Waals surface area contributed by atoms with Crippen molar-refractivity contribution in [3.8, 4) is 10.6 Å². The van der Waals surface area contributed by atoms with Crippen molar-refractivity contribution in [2.24, 2.45) is 5.73 Å². The van der Waals surface area contributed by atoms with Crippen molar-refractivity contribution >= 4 is 28.8 Å². The minimum atomic E-state index is -0.437. The third kappa shape index (κ3) is 3.81. The van der Waals surface area contributed by atoms with Crippen LogP contribution in [0.1, 0.15) is 29.2 Å². The Morgan fingerprint density at radius 3 is 2.57 bits per heavy atom. The van der Waals surface area contributed by atoms with E-state index in [4.69, 9.17) is 17.3 Å². The molecule has 2 rings (SSSR count). The van der Waals surface area contributed by atoms with E-state index in [0.29, 0.717) is 16.4 Å². The molecular formula is C15H18ClN3OS. The van der Waals surface area contributed by atoms with Crippen LogP contribution in [-0.4, -0.2) is 23.0 Å². The van der Waals surface area contributed by atoms with Gasteiger partial charge in [-0.3, -0.25) is 4.79 Å². The standard InChI is InChI=1S/C15H18ClN3OS/c1-9-12(13(20)19-15(2,3)8-17)21-14(18-9)10-4-6-11(16)7-5-10/h4-7H,8,17H2,1-3H3,(H,19,20). The number of hydrogen-bond acceptors (Lipinski definition) is 4. The molecule has 0 aliphatic carbocycles. The molecule has 0 fully saturated rings. The van der Waals surface area contributed by atoms with E-state index < -0.39 is 5.54 Å². The fraction of sp³-hybridized carbons (Fsp3) is 0.333. The lowest BCUT2D eigenvalue weighted by Gasteiger charge is -2.23. The number of amides is 1. The summed E-state index contributed by atoms with van der Waals surface area (Å²) in [5.74, 6) is -0.138. The van der Waals surface area contributed by atoms with Crippen LogP contribution in [0, 0.1) is 6.92 Å². The topological polar surface area (TPSA) is 68.0 Å². The first-order chi connectivity index (χ1) is 9.82. The smallest absolute Gasteiger partial charge is 0.263 e. The summed E-state index contributed by atoms with van der Waals surface area (Å²) < 4.78 is 0. The number of thiazole rings is 1. The van der Waals surface area contributed by atoms with Gasteiger partial charge < -0.3 is 11.1 Å². The van der Waals surface area contributed by atoms with Crippen LogP contribution >= 0.6 is 22.9 Å². The molecule has 1 aromatic carbocycles. The van der Waals surface area contributed by atoms with E-state index in [-0.39, 0.29) is 5.91 Å². The van der Waals surface area contributed by atoms with Gasteiger partial charge in [0, 0.05) is 22.7 Å². The van der Waals surface area contributed by atoms with Gasteiger partial charge in [0.1, 0.15) is 9.88 Å². The molecule has 0 spiro atoms. The molecular weight excluding hydrogens is 306 g/mol. The fourth-order valence-corrected chi connectivity index (χ4v) is 2.83. The van der Waals surface area contributed by atoms with Crippen LogP contribution in [0.2, 0.25) is 5.02 Å². The van der Waals surface area contributed by atoms with E-state index in [2.05, 4.69) is 10.3 Å². The molecule has 0 unspecified atom stereocenters. The van der Waals surface area contributed by atoms with Gasteiger partial charge in [0.05, 0.1) is 5.69 Å². The van der Waals surface area contributed by atoms with Crippen LogP contribution in [0.15, 0.2) is 24.3 Å².